The number of alkyl halides is 6. The highest BCUT2D eigenvalue weighted by Gasteiger charge is 2.42. The lowest BCUT2D eigenvalue weighted by molar-refractivity contribution is -0.189. The predicted molar refractivity (Wildman–Crippen MR) is 86.9 cm³/mol. The molecular weight excluding hydrogens is 416 g/mol. The monoisotopic (exact) mass is 435 g/mol. The fourth-order valence-corrected chi connectivity index (χ4v) is 3.16. The van der Waals surface area contributed by atoms with Crippen LogP contribution in [0.3, 0.4) is 0 Å². The maximum Gasteiger partial charge on any atom is 0.416 e. The molecule has 5 nitrogen and oxygen atoms in total. The van der Waals surface area contributed by atoms with E-state index in [1.807, 2.05) is 0 Å². The average Bonchev–Trinajstić information content (AvgIpc) is 2.56. The van der Waals surface area contributed by atoms with E-state index in [4.69, 9.17) is 4.74 Å². The quantitative estimate of drug-likeness (QED) is 0.507. The van der Waals surface area contributed by atoms with Gasteiger partial charge in [-0.05, 0) is 17.7 Å². The highest BCUT2D eigenvalue weighted by atomic mass is 32.2. The summed E-state index contributed by atoms with van der Waals surface area (Å²) in [6.07, 6.45) is -9.43. The lowest BCUT2D eigenvalue weighted by Crippen LogP contribution is -2.45. The number of morpholine rings is 1. The van der Waals surface area contributed by atoms with Gasteiger partial charge in [-0.2, -0.15) is 34.8 Å². The van der Waals surface area contributed by atoms with Crippen LogP contribution in [0.5, 0.6) is 0 Å². The van der Waals surface area contributed by atoms with Gasteiger partial charge in [0, 0.05) is 19.6 Å². The van der Waals surface area contributed by atoms with Crippen LogP contribution < -0.4 is 0 Å². The number of halogens is 6. The Morgan fingerprint density at radius 1 is 1.25 bits per heavy atom. The van der Waals surface area contributed by atoms with Gasteiger partial charge in [-0.3, -0.25) is 9.08 Å². The topological polar surface area (TPSA) is 55.8 Å². The van der Waals surface area contributed by atoms with E-state index in [9.17, 15) is 34.8 Å². The molecule has 2 atom stereocenters. The zero-order valence-corrected chi connectivity index (χ0v) is 15.6. The van der Waals surface area contributed by atoms with Crippen molar-refractivity contribution in [2.75, 3.05) is 39.1 Å². The summed E-state index contributed by atoms with van der Waals surface area (Å²) in [7, 11) is -4.04. The summed E-state index contributed by atoms with van der Waals surface area (Å²) in [4.78, 5) is 1.37. The van der Waals surface area contributed by atoms with Gasteiger partial charge in [0.25, 0.3) is 10.1 Å². The lowest BCUT2D eigenvalue weighted by atomic mass is 10.0. The third kappa shape index (κ3) is 6.90. The molecule has 0 aromatic heterocycles. The highest BCUT2D eigenvalue weighted by molar-refractivity contribution is 7.85. The zero-order chi connectivity index (χ0) is 21.2. The van der Waals surface area contributed by atoms with E-state index in [0.29, 0.717) is 6.26 Å². The van der Waals surface area contributed by atoms with E-state index in [0.717, 1.165) is 12.1 Å². The third-order valence-electron chi connectivity index (χ3n) is 4.16. The first-order chi connectivity index (χ1) is 12.8. The van der Waals surface area contributed by atoms with Gasteiger partial charge in [0.1, 0.15) is 0 Å². The van der Waals surface area contributed by atoms with E-state index in [2.05, 4.69) is 4.18 Å². The molecule has 1 saturated heterocycles. The first-order valence-electron chi connectivity index (χ1n) is 8.18. The van der Waals surface area contributed by atoms with Gasteiger partial charge in [0.2, 0.25) is 0 Å². The summed E-state index contributed by atoms with van der Waals surface area (Å²) >= 11 is 0. The second kappa shape index (κ2) is 8.56. The van der Waals surface area contributed by atoms with E-state index in [-0.39, 0.29) is 25.3 Å². The van der Waals surface area contributed by atoms with Crippen molar-refractivity contribution < 1.29 is 43.7 Å². The number of hydrogen-bond acceptors (Lipinski definition) is 5. The molecule has 0 N–H and O–H groups in total. The second-order valence-corrected chi connectivity index (χ2v) is 8.11. The summed E-state index contributed by atoms with van der Waals surface area (Å²) in [6.45, 7) is -1.53. The smallest absolute Gasteiger partial charge is 0.371 e. The standard InChI is InChI=1S/C16H19F6NO4S/c1-28(24,25)27-10-13(16(20,21)22)8-23-5-6-26-14(9-23)11-3-2-4-12(7-11)15(17,18)19/h2-4,7,13-14H,5-6,8-10H2,1H3/t13-,14-/m1/s1. The van der Waals surface area contributed by atoms with Crippen molar-refractivity contribution in [3.63, 3.8) is 0 Å². The molecule has 2 rings (SSSR count). The van der Waals surface area contributed by atoms with Crippen molar-refractivity contribution in [1.29, 1.82) is 0 Å². The van der Waals surface area contributed by atoms with E-state index in [1.54, 1.807) is 0 Å². The molecule has 12 heteroatoms. The molecule has 0 spiro atoms. The first kappa shape index (κ1) is 22.9. The number of hydrogen-bond donors (Lipinski definition) is 0. The van der Waals surface area contributed by atoms with Crippen LogP contribution in [0.15, 0.2) is 24.3 Å². The van der Waals surface area contributed by atoms with Crippen LogP contribution in [0.1, 0.15) is 17.2 Å². The highest BCUT2D eigenvalue weighted by Crippen LogP contribution is 2.33. The predicted octanol–water partition coefficient (Wildman–Crippen LogP) is 3.23. The molecular formula is C16H19F6NO4S. The molecule has 0 bridgehead atoms. The molecule has 1 aromatic rings. The largest absolute Gasteiger partial charge is 0.416 e. The Morgan fingerprint density at radius 2 is 1.93 bits per heavy atom. The Morgan fingerprint density at radius 3 is 2.50 bits per heavy atom. The Bertz CT molecular complexity index is 765. The Kier molecular flexibility index (Phi) is 7.00. The van der Waals surface area contributed by atoms with E-state index in [1.165, 1.54) is 17.0 Å². The average molecular weight is 435 g/mol. The molecule has 160 valence electrons. The maximum absolute atomic E-state index is 13.2. The molecule has 28 heavy (non-hydrogen) atoms. The third-order valence-corrected chi connectivity index (χ3v) is 4.73. The number of rotatable bonds is 6. The van der Waals surface area contributed by atoms with Crippen molar-refractivity contribution >= 4 is 10.1 Å². The van der Waals surface area contributed by atoms with Crippen LogP contribution in [0.4, 0.5) is 26.3 Å². The molecule has 0 unspecified atom stereocenters. The number of nitrogens with zero attached hydrogens (tertiary/aromatic N) is 1. The van der Waals surface area contributed by atoms with Crippen molar-refractivity contribution in [3.05, 3.63) is 35.4 Å². The minimum Gasteiger partial charge on any atom is -0.371 e. The van der Waals surface area contributed by atoms with Gasteiger partial charge in [-0.15, -0.1) is 0 Å². The van der Waals surface area contributed by atoms with Crippen LogP contribution in [0.25, 0.3) is 0 Å². The van der Waals surface area contributed by atoms with Crippen LogP contribution in [-0.2, 0) is 25.2 Å². The fourth-order valence-electron chi connectivity index (χ4n) is 2.75. The van der Waals surface area contributed by atoms with Gasteiger partial charge in [0.05, 0.1) is 37.1 Å². The van der Waals surface area contributed by atoms with Crippen LogP contribution in [0.2, 0.25) is 0 Å². The van der Waals surface area contributed by atoms with Gasteiger partial charge in [-0.25, -0.2) is 0 Å². The molecule has 1 aliphatic heterocycles. The normalized spacial score (nSPS) is 20.9. The molecule has 0 radical (unpaired) electrons. The van der Waals surface area contributed by atoms with Gasteiger partial charge >= 0.3 is 12.4 Å². The molecule has 0 saturated carbocycles. The molecule has 0 aliphatic carbocycles. The molecule has 0 amide bonds. The van der Waals surface area contributed by atoms with Crippen LogP contribution >= 0.6 is 0 Å². The summed E-state index contributed by atoms with van der Waals surface area (Å²) in [5.41, 5.74) is -0.670. The zero-order valence-electron chi connectivity index (χ0n) is 14.8. The minimum absolute atomic E-state index is 0.0262. The Labute approximate surface area is 158 Å². The summed E-state index contributed by atoms with van der Waals surface area (Å²) in [6, 6.07) is 4.42. The lowest BCUT2D eigenvalue weighted by Gasteiger charge is -2.35. The molecule has 1 aliphatic rings. The number of benzene rings is 1. The number of ether oxygens (including phenoxy) is 1. The van der Waals surface area contributed by atoms with Crippen LogP contribution in [-0.4, -0.2) is 58.6 Å². The van der Waals surface area contributed by atoms with Crippen molar-refractivity contribution in [1.82, 2.24) is 4.90 Å². The SMILES string of the molecule is CS(=O)(=O)OC[C@@H](CN1CCO[C@@H](c2cccc(C(F)(F)F)c2)C1)C(F)(F)F. The summed E-state index contributed by atoms with van der Waals surface area (Å²) < 4.78 is 110. The van der Waals surface area contributed by atoms with Crippen molar-refractivity contribution in [2.24, 2.45) is 5.92 Å². The molecule has 1 heterocycles. The summed E-state index contributed by atoms with van der Waals surface area (Å²) in [5, 5.41) is 0. The Balaban J connectivity index is 2.09. The van der Waals surface area contributed by atoms with Crippen LogP contribution in [0, 0.1) is 5.92 Å². The first-order valence-corrected chi connectivity index (χ1v) is 9.99. The van der Waals surface area contributed by atoms with Crippen molar-refractivity contribution in [2.45, 2.75) is 18.5 Å². The maximum atomic E-state index is 13.2. The van der Waals surface area contributed by atoms with Gasteiger partial charge < -0.3 is 4.74 Å². The Hall–Kier alpha value is -1.37. The van der Waals surface area contributed by atoms with Crippen molar-refractivity contribution in [3.8, 4) is 0 Å². The van der Waals surface area contributed by atoms with Gasteiger partial charge in [0.15, 0.2) is 0 Å². The van der Waals surface area contributed by atoms with E-state index >= 15 is 0 Å². The fraction of sp³-hybridized carbons (Fsp3) is 0.625. The molecule has 1 aromatic carbocycles. The molecule has 1 fully saturated rings. The van der Waals surface area contributed by atoms with E-state index < -0.39 is 53.2 Å². The van der Waals surface area contributed by atoms with Gasteiger partial charge in [-0.1, -0.05) is 12.1 Å². The second-order valence-electron chi connectivity index (χ2n) is 6.47. The minimum atomic E-state index is -4.70. The summed E-state index contributed by atoms with van der Waals surface area (Å²) in [5.74, 6) is -2.07.